The largest absolute Gasteiger partial charge is 0.416 e. The summed E-state index contributed by atoms with van der Waals surface area (Å²) in [7, 11) is 3.36. The molecular formula is C22H21ClF3N5O. The number of pyridine rings is 1. The van der Waals surface area contributed by atoms with Crippen LogP contribution < -0.4 is 9.80 Å². The lowest BCUT2D eigenvalue weighted by atomic mass is 10.1. The fourth-order valence-corrected chi connectivity index (χ4v) is 4.03. The number of alkyl halides is 3. The van der Waals surface area contributed by atoms with Gasteiger partial charge in [-0.25, -0.2) is 4.98 Å². The third-order valence-electron chi connectivity index (χ3n) is 5.68. The van der Waals surface area contributed by atoms with Crippen LogP contribution in [0.25, 0.3) is 0 Å². The molecule has 1 aliphatic heterocycles. The maximum absolute atomic E-state index is 13.6. The van der Waals surface area contributed by atoms with Gasteiger partial charge in [-0.3, -0.25) is 9.48 Å². The maximum atomic E-state index is 13.6. The van der Waals surface area contributed by atoms with Gasteiger partial charge in [-0.15, -0.1) is 0 Å². The van der Waals surface area contributed by atoms with E-state index in [0.717, 1.165) is 23.4 Å². The lowest BCUT2D eigenvalue weighted by molar-refractivity contribution is -0.137. The van der Waals surface area contributed by atoms with Crippen molar-refractivity contribution in [1.29, 1.82) is 0 Å². The van der Waals surface area contributed by atoms with Crippen molar-refractivity contribution in [3.05, 3.63) is 69.6 Å². The molecular weight excluding hydrogens is 443 g/mol. The summed E-state index contributed by atoms with van der Waals surface area (Å²) in [5.74, 6) is -0.220. The minimum atomic E-state index is -4.52. The Labute approximate surface area is 188 Å². The van der Waals surface area contributed by atoms with E-state index in [1.807, 2.05) is 6.92 Å². The first-order chi connectivity index (χ1) is 15.0. The van der Waals surface area contributed by atoms with Crippen LogP contribution >= 0.6 is 11.6 Å². The molecule has 4 rings (SSSR count). The lowest BCUT2D eigenvalue weighted by Crippen LogP contribution is -2.39. The first-order valence-corrected chi connectivity index (χ1v) is 10.2. The van der Waals surface area contributed by atoms with Crippen LogP contribution in [0.3, 0.4) is 0 Å². The van der Waals surface area contributed by atoms with Crippen LogP contribution in [0, 0.1) is 13.8 Å². The van der Waals surface area contributed by atoms with Gasteiger partial charge >= 0.3 is 6.18 Å². The summed E-state index contributed by atoms with van der Waals surface area (Å²) in [5, 5.41) is 4.81. The molecule has 0 unspecified atom stereocenters. The average Bonchev–Trinajstić information content (AvgIpc) is 3.27. The predicted molar refractivity (Wildman–Crippen MR) is 116 cm³/mol. The summed E-state index contributed by atoms with van der Waals surface area (Å²) in [4.78, 5) is 21.0. The molecule has 0 N–H and O–H groups in total. The zero-order valence-electron chi connectivity index (χ0n) is 17.9. The van der Waals surface area contributed by atoms with Crippen molar-refractivity contribution in [3.8, 4) is 0 Å². The highest BCUT2D eigenvalue weighted by atomic mass is 35.5. The van der Waals surface area contributed by atoms with Gasteiger partial charge in [0, 0.05) is 36.1 Å². The number of aromatic nitrogens is 3. The number of hydrogen-bond acceptors (Lipinski definition) is 4. The number of carbonyl (C=O) groups excluding carboxylic acids is 1. The van der Waals surface area contributed by atoms with Crippen molar-refractivity contribution in [1.82, 2.24) is 14.8 Å². The Kier molecular flexibility index (Phi) is 5.40. The molecule has 3 aromatic rings. The number of carbonyl (C=O) groups is 1. The van der Waals surface area contributed by atoms with E-state index in [1.54, 1.807) is 48.1 Å². The molecule has 2 aromatic heterocycles. The van der Waals surface area contributed by atoms with E-state index in [9.17, 15) is 18.0 Å². The predicted octanol–water partition coefficient (Wildman–Crippen LogP) is 4.83. The third kappa shape index (κ3) is 3.81. The summed E-state index contributed by atoms with van der Waals surface area (Å²) in [6.45, 7) is 3.55. The van der Waals surface area contributed by atoms with Gasteiger partial charge in [-0.1, -0.05) is 11.6 Å². The normalized spacial score (nSPS) is 15.8. The molecule has 0 fully saturated rings. The molecule has 0 bridgehead atoms. The SMILES string of the molecule is Cc1cc(C(F)(F)F)cc(N2Cc3c(cnn3C)[C@H]2C(=O)N(C)c2ccc(Cl)c(C)c2)n1. The van der Waals surface area contributed by atoms with Crippen molar-refractivity contribution in [2.75, 3.05) is 16.8 Å². The highest BCUT2D eigenvalue weighted by Gasteiger charge is 2.41. The van der Waals surface area contributed by atoms with Gasteiger partial charge in [-0.05, 0) is 49.7 Å². The van der Waals surface area contributed by atoms with Crippen LogP contribution in [-0.2, 0) is 24.6 Å². The third-order valence-corrected chi connectivity index (χ3v) is 6.10. The average molecular weight is 464 g/mol. The van der Waals surface area contributed by atoms with Crippen LogP contribution in [0.1, 0.15) is 34.1 Å². The van der Waals surface area contributed by atoms with Crippen LogP contribution in [-0.4, -0.2) is 27.7 Å². The van der Waals surface area contributed by atoms with Crippen LogP contribution in [0.15, 0.2) is 36.5 Å². The van der Waals surface area contributed by atoms with Crippen molar-refractivity contribution >= 4 is 29.0 Å². The van der Waals surface area contributed by atoms with E-state index in [2.05, 4.69) is 10.1 Å². The van der Waals surface area contributed by atoms with Crippen molar-refractivity contribution in [3.63, 3.8) is 0 Å². The lowest BCUT2D eigenvalue weighted by Gasteiger charge is -2.30. The molecule has 1 aliphatic rings. The van der Waals surface area contributed by atoms with E-state index in [-0.39, 0.29) is 24.0 Å². The Morgan fingerprint density at radius 1 is 1.22 bits per heavy atom. The number of anilines is 2. The Morgan fingerprint density at radius 3 is 2.59 bits per heavy atom. The second-order valence-corrected chi connectivity index (χ2v) is 8.29. The molecule has 32 heavy (non-hydrogen) atoms. The van der Waals surface area contributed by atoms with Gasteiger partial charge in [0.1, 0.15) is 11.9 Å². The number of amides is 1. The van der Waals surface area contributed by atoms with Crippen LogP contribution in [0.2, 0.25) is 5.02 Å². The summed E-state index contributed by atoms with van der Waals surface area (Å²) >= 11 is 6.11. The van der Waals surface area contributed by atoms with E-state index in [4.69, 9.17) is 11.6 Å². The summed E-state index contributed by atoms with van der Waals surface area (Å²) in [5.41, 5.74) is 2.25. The fraction of sp³-hybridized carbons (Fsp3) is 0.318. The number of benzene rings is 1. The van der Waals surface area contributed by atoms with E-state index < -0.39 is 17.8 Å². The van der Waals surface area contributed by atoms with Gasteiger partial charge in [0.15, 0.2) is 0 Å². The standard InChI is InChI=1S/C22H21ClF3N5O/c1-12-7-15(5-6-17(12)23)29(3)21(32)20-16-10-27-30(4)18(16)11-31(20)19-9-14(22(24,25)26)8-13(2)28-19/h5-10,20H,11H2,1-4H3/t20-/m0/s1. The summed E-state index contributed by atoms with van der Waals surface area (Å²) in [6.07, 6.45) is -2.94. The van der Waals surface area contributed by atoms with E-state index in [0.29, 0.717) is 16.3 Å². The molecule has 0 radical (unpaired) electrons. The number of likely N-dealkylation sites (N-methyl/N-ethyl adjacent to an activating group) is 1. The molecule has 0 spiro atoms. The molecule has 1 aromatic carbocycles. The summed E-state index contributed by atoms with van der Waals surface area (Å²) in [6, 6.07) is 6.33. The molecule has 0 saturated carbocycles. The van der Waals surface area contributed by atoms with Gasteiger partial charge in [0.2, 0.25) is 0 Å². The monoisotopic (exact) mass is 463 g/mol. The van der Waals surface area contributed by atoms with Crippen LogP contribution in [0.4, 0.5) is 24.7 Å². The zero-order chi connectivity index (χ0) is 23.4. The molecule has 0 saturated heterocycles. The smallest absolute Gasteiger partial charge is 0.335 e. The molecule has 1 atom stereocenters. The van der Waals surface area contributed by atoms with Crippen molar-refractivity contribution in [2.45, 2.75) is 32.6 Å². The van der Waals surface area contributed by atoms with Gasteiger partial charge in [-0.2, -0.15) is 18.3 Å². The molecule has 6 nitrogen and oxygen atoms in total. The first kappa shape index (κ1) is 22.1. The van der Waals surface area contributed by atoms with Crippen molar-refractivity contribution in [2.24, 2.45) is 7.05 Å². The number of rotatable bonds is 3. The molecule has 3 heterocycles. The number of halogens is 4. The zero-order valence-corrected chi connectivity index (χ0v) is 18.7. The van der Waals surface area contributed by atoms with Gasteiger partial charge < -0.3 is 9.80 Å². The maximum Gasteiger partial charge on any atom is 0.416 e. The Bertz CT molecular complexity index is 1210. The topological polar surface area (TPSA) is 54.3 Å². The van der Waals surface area contributed by atoms with E-state index in [1.165, 1.54) is 11.8 Å². The van der Waals surface area contributed by atoms with Crippen molar-refractivity contribution < 1.29 is 18.0 Å². The highest BCUT2D eigenvalue weighted by molar-refractivity contribution is 6.31. The number of fused-ring (bicyclic) bond motifs is 1. The van der Waals surface area contributed by atoms with E-state index >= 15 is 0 Å². The number of hydrogen-bond donors (Lipinski definition) is 0. The summed E-state index contributed by atoms with van der Waals surface area (Å²) < 4.78 is 41.9. The molecule has 10 heteroatoms. The molecule has 168 valence electrons. The van der Waals surface area contributed by atoms with Gasteiger partial charge in [0.05, 0.1) is 24.0 Å². The van der Waals surface area contributed by atoms with Crippen LogP contribution in [0.5, 0.6) is 0 Å². The minimum Gasteiger partial charge on any atom is -0.335 e. The first-order valence-electron chi connectivity index (χ1n) is 9.84. The Hall–Kier alpha value is -3.07. The second kappa shape index (κ2) is 7.81. The Balaban J connectivity index is 1.78. The minimum absolute atomic E-state index is 0.0903. The fourth-order valence-electron chi connectivity index (χ4n) is 3.91. The highest BCUT2D eigenvalue weighted by Crippen LogP contribution is 2.40. The molecule has 1 amide bonds. The van der Waals surface area contributed by atoms with Gasteiger partial charge in [0.25, 0.3) is 5.91 Å². The molecule has 0 aliphatic carbocycles. The quantitative estimate of drug-likeness (QED) is 0.558. The number of nitrogens with zero attached hydrogens (tertiary/aromatic N) is 5. The Morgan fingerprint density at radius 2 is 1.94 bits per heavy atom. The number of aryl methyl sites for hydroxylation is 3. The second-order valence-electron chi connectivity index (χ2n) is 7.88.